The standard InChI is InChI=1S/C26H29ClN2O5S/c1-4-34-14-13-29-17-20(7-12-26(29)30)25(28-31)16-24(23-11-8-21(27)15-18(23)2)19-5-9-22(10-6-19)35(3,32)33/h5-12,15,17,24-25H,4,13-14,16H2,1-3H3. The second-order valence-corrected chi connectivity index (χ2v) is 10.9. The van der Waals surface area contributed by atoms with E-state index in [1.807, 2.05) is 26.0 Å². The third kappa shape index (κ3) is 6.87. The molecule has 1 aromatic heterocycles. The monoisotopic (exact) mass is 516 g/mol. The van der Waals surface area contributed by atoms with E-state index < -0.39 is 15.9 Å². The van der Waals surface area contributed by atoms with Crippen LogP contribution in [0.1, 0.15) is 47.6 Å². The predicted molar refractivity (Wildman–Crippen MR) is 138 cm³/mol. The highest BCUT2D eigenvalue weighted by Gasteiger charge is 2.24. The molecule has 0 aliphatic carbocycles. The lowest BCUT2D eigenvalue weighted by Crippen LogP contribution is -2.22. The molecule has 0 radical (unpaired) electrons. The number of aromatic nitrogens is 1. The van der Waals surface area contributed by atoms with Crippen LogP contribution in [-0.2, 0) is 21.1 Å². The first-order chi connectivity index (χ1) is 16.6. The third-order valence-corrected chi connectivity index (χ3v) is 7.34. The quantitative estimate of drug-likeness (QED) is 0.255. The third-order valence-electron chi connectivity index (χ3n) is 5.98. The zero-order chi connectivity index (χ0) is 25.6. The van der Waals surface area contributed by atoms with Gasteiger partial charge in [0.2, 0.25) is 0 Å². The summed E-state index contributed by atoms with van der Waals surface area (Å²) < 4.78 is 30.7. The summed E-state index contributed by atoms with van der Waals surface area (Å²) in [4.78, 5) is 24.5. The van der Waals surface area contributed by atoms with Gasteiger partial charge in [-0.2, -0.15) is 4.91 Å². The number of benzene rings is 2. The number of hydrogen-bond donors (Lipinski definition) is 0. The van der Waals surface area contributed by atoms with Gasteiger partial charge >= 0.3 is 0 Å². The first-order valence-corrected chi connectivity index (χ1v) is 13.6. The SMILES string of the molecule is CCOCCn1cc(C(CC(c2ccc(S(C)(=O)=O)cc2)c2ccc(Cl)cc2C)N=O)ccc1=O. The van der Waals surface area contributed by atoms with Gasteiger partial charge < -0.3 is 9.30 Å². The van der Waals surface area contributed by atoms with Crippen molar-refractivity contribution in [3.8, 4) is 0 Å². The Balaban J connectivity index is 2.01. The topological polar surface area (TPSA) is 94.8 Å². The van der Waals surface area contributed by atoms with Crippen LogP contribution in [0.3, 0.4) is 0 Å². The molecule has 0 aliphatic heterocycles. The van der Waals surface area contributed by atoms with Crippen LogP contribution in [0.5, 0.6) is 0 Å². The van der Waals surface area contributed by atoms with Gasteiger partial charge in [-0.3, -0.25) is 4.79 Å². The molecule has 9 heteroatoms. The van der Waals surface area contributed by atoms with Crippen molar-refractivity contribution in [3.63, 3.8) is 0 Å². The lowest BCUT2D eigenvalue weighted by Gasteiger charge is -2.23. The Morgan fingerprint density at radius 1 is 1.06 bits per heavy atom. The van der Waals surface area contributed by atoms with Gasteiger partial charge in [-0.05, 0) is 72.9 Å². The molecule has 1 heterocycles. The number of nitroso groups, excluding NO2 is 1. The van der Waals surface area contributed by atoms with Crippen molar-refractivity contribution in [2.75, 3.05) is 19.5 Å². The summed E-state index contributed by atoms with van der Waals surface area (Å²) in [6.07, 6.45) is 3.15. The number of sulfone groups is 1. The fraction of sp³-hybridized carbons (Fsp3) is 0.346. The summed E-state index contributed by atoms with van der Waals surface area (Å²) in [5, 5.41) is 4.00. The molecule has 2 atom stereocenters. The Morgan fingerprint density at radius 3 is 2.34 bits per heavy atom. The Bertz CT molecular complexity index is 1340. The van der Waals surface area contributed by atoms with Crippen molar-refractivity contribution >= 4 is 21.4 Å². The molecule has 0 amide bonds. The fourth-order valence-electron chi connectivity index (χ4n) is 4.11. The summed E-state index contributed by atoms with van der Waals surface area (Å²) in [6, 6.07) is 14.6. The minimum absolute atomic E-state index is 0.181. The van der Waals surface area contributed by atoms with Gasteiger partial charge in [0, 0.05) is 42.6 Å². The zero-order valence-corrected chi connectivity index (χ0v) is 21.6. The first-order valence-electron chi connectivity index (χ1n) is 11.3. The molecule has 2 aromatic carbocycles. The Morgan fingerprint density at radius 2 is 1.74 bits per heavy atom. The Labute approximate surface area is 210 Å². The van der Waals surface area contributed by atoms with Crippen molar-refractivity contribution in [1.82, 2.24) is 4.57 Å². The van der Waals surface area contributed by atoms with Crippen LogP contribution < -0.4 is 5.56 Å². The molecule has 3 rings (SSSR count). The van der Waals surface area contributed by atoms with E-state index in [1.165, 1.54) is 10.6 Å². The number of pyridine rings is 1. The van der Waals surface area contributed by atoms with E-state index in [0.717, 1.165) is 22.9 Å². The number of nitrogens with zero attached hydrogens (tertiary/aromatic N) is 2. The summed E-state index contributed by atoms with van der Waals surface area (Å²) >= 11 is 6.17. The van der Waals surface area contributed by atoms with Crippen molar-refractivity contribution < 1.29 is 13.2 Å². The summed E-state index contributed by atoms with van der Waals surface area (Å²) in [6.45, 7) is 5.13. The molecule has 0 bridgehead atoms. The highest BCUT2D eigenvalue weighted by Crippen LogP contribution is 2.38. The van der Waals surface area contributed by atoms with E-state index in [2.05, 4.69) is 5.18 Å². The van der Waals surface area contributed by atoms with Crippen molar-refractivity contribution in [2.45, 2.75) is 43.7 Å². The maximum Gasteiger partial charge on any atom is 0.250 e. The molecule has 0 spiro atoms. The zero-order valence-electron chi connectivity index (χ0n) is 20.0. The van der Waals surface area contributed by atoms with E-state index in [9.17, 15) is 18.1 Å². The molecule has 0 N–H and O–H groups in total. The second kappa shape index (κ2) is 11.7. The molecular formula is C26H29ClN2O5S. The van der Waals surface area contributed by atoms with Gasteiger partial charge in [0.1, 0.15) is 6.04 Å². The predicted octanol–water partition coefficient (Wildman–Crippen LogP) is 5.28. The van der Waals surface area contributed by atoms with E-state index in [-0.39, 0.29) is 16.4 Å². The van der Waals surface area contributed by atoms with Crippen LogP contribution in [-0.4, -0.2) is 32.5 Å². The molecule has 186 valence electrons. The van der Waals surface area contributed by atoms with Crippen molar-refractivity contribution in [3.05, 3.63) is 103 Å². The first kappa shape index (κ1) is 26.8. The molecular weight excluding hydrogens is 488 g/mol. The van der Waals surface area contributed by atoms with Gasteiger partial charge in [-0.15, -0.1) is 0 Å². The highest BCUT2D eigenvalue weighted by molar-refractivity contribution is 7.90. The maximum absolute atomic E-state index is 12.3. The number of aryl methyl sites for hydroxylation is 1. The van der Waals surface area contributed by atoms with Crippen molar-refractivity contribution in [1.29, 1.82) is 0 Å². The lowest BCUT2D eigenvalue weighted by atomic mass is 9.83. The maximum atomic E-state index is 12.3. The van der Waals surface area contributed by atoms with Crippen LogP contribution in [0.4, 0.5) is 0 Å². The van der Waals surface area contributed by atoms with Crippen LogP contribution >= 0.6 is 11.6 Å². The molecule has 0 aliphatic rings. The van der Waals surface area contributed by atoms with Gasteiger partial charge in [-0.1, -0.05) is 35.0 Å². The van der Waals surface area contributed by atoms with Gasteiger partial charge in [0.15, 0.2) is 9.84 Å². The average Bonchev–Trinajstić information content (AvgIpc) is 2.82. The Kier molecular flexibility index (Phi) is 8.99. The minimum atomic E-state index is -3.34. The van der Waals surface area contributed by atoms with Crippen LogP contribution in [0.2, 0.25) is 5.02 Å². The largest absolute Gasteiger partial charge is 0.380 e. The van der Waals surface area contributed by atoms with Gasteiger partial charge in [-0.25, -0.2) is 8.42 Å². The van der Waals surface area contributed by atoms with Crippen LogP contribution in [0.15, 0.2) is 75.7 Å². The molecule has 3 aromatic rings. The fourth-order valence-corrected chi connectivity index (χ4v) is 4.97. The summed E-state index contributed by atoms with van der Waals surface area (Å²) in [7, 11) is -3.34. The lowest BCUT2D eigenvalue weighted by molar-refractivity contribution is 0.138. The number of ether oxygens (including phenoxy) is 1. The number of halogens is 1. The van der Waals surface area contributed by atoms with Crippen LogP contribution in [0.25, 0.3) is 0 Å². The molecule has 7 nitrogen and oxygen atoms in total. The van der Waals surface area contributed by atoms with Crippen LogP contribution in [0, 0.1) is 11.8 Å². The molecule has 2 unspecified atom stereocenters. The molecule has 0 saturated carbocycles. The average molecular weight is 517 g/mol. The number of hydrogen-bond acceptors (Lipinski definition) is 6. The smallest absolute Gasteiger partial charge is 0.250 e. The van der Waals surface area contributed by atoms with E-state index in [0.29, 0.717) is 36.8 Å². The Hall–Kier alpha value is -2.81. The molecule has 35 heavy (non-hydrogen) atoms. The van der Waals surface area contributed by atoms with Crippen molar-refractivity contribution in [2.24, 2.45) is 5.18 Å². The second-order valence-electron chi connectivity index (χ2n) is 8.44. The minimum Gasteiger partial charge on any atom is -0.380 e. The van der Waals surface area contributed by atoms with E-state index >= 15 is 0 Å². The van der Waals surface area contributed by atoms with Gasteiger partial charge in [0.05, 0.1) is 11.5 Å². The number of rotatable bonds is 11. The van der Waals surface area contributed by atoms with E-state index in [1.54, 1.807) is 42.6 Å². The van der Waals surface area contributed by atoms with E-state index in [4.69, 9.17) is 16.3 Å². The van der Waals surface area contributed by atoms with Gasteiger partial charge in [0.25, 0.3) is 5.56 Å². The molecule has 0 saturated heterocycles. The normalized spacial score (nSPS) is 13.4. The highest BCUT2D eigenvalue weighted by atomic mass is 35.5. The molecule has 0 fully saturated rings. The summed E-state index contributed by atoms with van der Waals surface area (Å²) in [5.41, 5.74) is 3.20. The summed E-state index contributed by atoms with van der Waals surface area (Å²) in [5.74, 6) is -0.257.